The van der Waals surface area contributed by atoms with Crippen molar-refractivity contribution in [1.82, 2.24) is 4.90 Å². The van der Waals surface area contributed by atoms with Gasteiger partial charge in [0.25, 0.3) is 0 Å². The summed E-state index contributed by atoms with van der Waals surface area (Å²) < 4.78 is 4.91. The first-order valence-electron chi connectivity index (χ1n) is 5.67. The lowest BCUT2D eigenvalue weighted by molar-refractivity contribution is -0.275. The molecule has 0 amide bonds. The van der Waals surface area contributed by atoms with E-state index >= 15 is 0 Å². The van der Waals surface area contributed by atoms with Crippen molar-refractivity contribution >= 4 is 24.0 Å². The molecule has 1 aliphatic heterocycles. The molecular formula is C10H21Cl2NO5. The molecule has 110 valence electrons. The van der Waals surface area contributed by atoms with Gasteiger partial charge in [0.05, 0.1) is 12.6 Å². The quantitative estimate of drug-likeness (QED) is 0.475. The fraction of sp³-hybridized carbons (Fsp3) is 1.00. The van der Waals surface area contributed by atoms with E-state index in [4.69, 9.17) is 21.4 Å². The fourth-order valence-corrected chi connectivity index (χ4v) is 2.36. The van der Waals surface area contributed by atoms with Crippen LogP contribution in [0.5, 0.6) is 0 Å². The van der Waals surface area contributed by atoms with Gasteiger partial charge in [0.15, 0.2) is 6.29 Å². The standard InChI is InChI=1S/C10H20ClNO5.ClH/c1-2-12(4-3-11)7-8(14)6(5-13)17-10(16)9(7)15;/h6-10,13-16H,2-5H2,1H3;1H/t6-,7-,8-,9-,10?;/m1./s1. The minimum Gasteiger partial charge on any atom is -0.394 e. The lowest BCUT2D eigenvalue weighted by Crippen LogP contribution is -2.64. The van der Waals surface area contributed by atoms with E-state index in [1.807, 2.05) is 6.92 Å². The van der Waals surface area contributed by atoms with Gasteiger partial charge in [-0.2, -0.15) is 0 Å². The van der Waals surface area contributed by atoms with E-state index in [0.717, 1.165) is 0 Å². The first-order chi connectivity index (χ1) is 8.06. The van der Waals surface area contributed by atoms with E-state index in [-0.39, 0.29) is 12.4 Å². The van der Waals surface area contributed by atoms with Gasteiger partial charge in [-0.1, -0.05) is 6.92 Å². The molecule has 0 spiro atoms. The van der Waals surface area contributed by atoms with Crippen molar-refractivity contribution in [2.24, 2.45) is 0 Å². The summed E-state index contributed by atoms with van der Waals surface area (Å²) in [4.78, 5) is 1.76. The third kappa shape index (κ3) is 3.91. The van der Waals surface area contributed by atoms with E-state index in [1.165, 1.54) is 0 Å². The first kappa shape index (κ1) is 18.3. The van der Waals surface area contributed by atoms with E-state index in [2.05, 4.69) is 0 Å². The molecule has 0 aromatic heterocycles. The Morgan fingerprint density at radius 1 is 1.22 bits per heavy atom. The van der Waals surface area contributed by atoms with Crippen LogP contribution in [0, 0.1) is 0 Å². The Morgan fingerprint density at radius 2 is 1.83 bits per heavy atom. The summed E-state index contributed by atoms with van der Waals surface area (Å²) in [5, 5.41) is 38.4. The van der Waals surface area contributed by atoms with Crippen LogP contribution in [0.15, 0.2) is 0 Å². The second kappa shape index (κ2) is 8.50. The molecule has 1 heterocycles. The largest absolute Gasteiger partial charge is 0.394 e. The van der Waals surface area contributed by atoms with Crippen LogP contribution in [0.1, 0.15) is 6.92 Å². The van der Waals surface area contributed by atoms with E-state index in [1.54, 1.807) is 4.90 Å². The number of nitrogens with zero attached hydrogens (tertiary/aromatic N) is 1. The van der Waals surface area contributed by atoms with Crippen LogP contribution in [-0.2, 0) is 4.74 Å². The van der Waals surface area contributed by atoms with Crippen LogP contribution in [0.25, 0.3) is 0 Å². The molecule has 0 radical (unpaired) electrons. The molecule has 1 rings (SSSR count). The number of hydrogen-bond acceptors (Lipinski definition) is 6. The number of halogens is 2. The van der Waals surface area contributed by atoms with Crippen LogP contribution < -0.4 is 0 Å². The summed E-state index contributed by atoms with van der Waals surface area (Å²) in [7, 11) is 0. The lowest BCUT2D eigenvalue weighted by Gasteiger charge is -2.45. The van der Waals surface area contributed by atoms with Crippen molar-refractivity contribution in [2.75, 3.05) is 25.6 Å². The highest BCUT2D eigenvalue weighted by Gasteiger charge is 2.45. The number of alkyl halides is 1. The van der Waals surface area contributed by atoms with Crippen molar-refractivity contribution in [3.05, 3.63) is 0 Å². The maximum absolute atomic E-state index is 10.0. The van der Waals surface area contributed by atoms with Gasteiger partial charge in [0.1, 0.15) is 18.3 Å². The van der Waals surface area contributed by atoms with Crippen LogP contribution in [0.4, 0.5) is 0 Å². The van der Waals surface area contributed by atoms with Crippen LogP contribution in [-0.4, -0.2) is 81.5 Å². The fourth-order valence-electron chi connectivity index (χ4n) is 2.14. The van der Waals surface area contributed by atoms with Crippen molar-refractivity contribution in [2.45, 2.75) is 37.6 Å². The average molecular weight is 306 g/mol. The molecule has 1 fully saturated rings. The Labute approximate surface area is 118 Å². The van der Waals surface area contributed by atoms with Gasteiger partial charge >= 0.3 is 0 Å². The van der Waals surface area contributed by atoms with Crippen molar-refractivity contribution < 1.29 is 25.2 Å². The molecule has 4 N–H and O–H groups in total. The second-order valence-electron chi connectivity index (χ2n) is 4.04. The summed E-state index contributed by atoms with van der Waals surface area (Å²) in [5.41, 5.74) is 0. The number of likely N-dealkylation sites (N-methyl/N-ethyl adjacent to an activating group) is 1. The Bertz CT molecular complexity index is 234. The zero-order valence-corrected chi connectivity index (χ0v) is 11.7. The molecule has 1 aliphatic rings. The van der Waals surface area contributed by atoms with Gasteiger partial charge in [-0.15, -0.1) is 24.0 Å². The topological polar surface area (TPSA) is 93.4 Å². The molecule has 1 unspecified atom stereocenters. The number of hydrogen-bond donors (Lipinski definition) is 4. The lowest BCUT2D eigenvalue weighted by atomic mass is 9.94. The van der Waals surface area contributed by atoms with Gasteiger partial charge in [-0.05, 0) is 6.54 Å². The Balaban J connectivity index is 0.00000289. The summed E-state index contributed by atoms with van der Waals surface area (Å²) >= 11 is 5.65. The first-order valence-corrected chi connectivity index (χ1v) is 6.20. The van der Waals surface area contributed by atoms with E-state index in [0.29, 0.717) is 19.0 Å². The maximum atomic E-state index is 10.0. The third-order valence-electron chi connectivity index (χ3n) is 3.07. The molecule has 8 heteroatoms. The number of aliphatic hydroxyl groups excluding tert-OH is 4. The molecule has 0 aliphatic carbocycles. The minimum absolute atomic E-state index is 0. The predicted molar refractivity (Wildman–Crippen MR) is 69.0 cm³/mol. The van der Waals surface area contributed by atoms with Gasteiger partial charge in [-0.25, -0.2) is 0 Å². The molecular weight excluding hydrogens is 285 g/mol. The zero-order chi connectivity index (χ0) is 13.0. The molecule has 1 saturated heterocycles. The van der Waals surface area contributed by atoms with Gasteiger partial charge in [-0.3, -0.25) is 4.90 Å². The van der Waals surface area contributed by atoms with E-state index in [9.17, 15) is 15.3 Å². The minimum atomic E-state index is -1.41. The number of aliphatic hydroxyl groups is 4. The highest BCUT2D eigenvalue weighted by atomic mass is 35.5. The highest BCUT2D eigenvalue weighted by molar-refractivity contribution is 6.18. The van der Waals surface area contributed by atoms with Crippen molar-refractivity contribution in [3.8, 4) is 0 Å². The molecule has 6 nitrogen and oxygen atoms in total. The zero-order valence-electron chi connectivity index (χ0n) is 10.1. The van der Waals surface area contributed by atoms with Crippen LogP contribution >= 0.6 is 24.0 Å². The van der Waals surface area contributed by atoms with Gasteiger partial charge < -0.3 is 25.2 Å². The molecule has 0 saturated carbocycles. The number of ether oxygens (including phenoxy) is 1. The Kier molecular flexibility index (Phi) is 8.66. The summed E-state index contributed by atoms with van der Waals surface area (Å²) in [5.74, 6) is 0.352. The third-order valence-corrected chi connectivity index (χ3v) is 3.24. The number of rotatable bonds is 5. The molecule has 0 aromatic carbocycles. The van der Waals surface area contributed by atoms with Gasteiger partial charge in [0.2, 0.25) is 0 Å². The SMILES string of the molecule is CCN(CCCl)[C@@H]1[C@H](O)[C@@H](CO)OC(O)[C@@H]1O.Cl. The van der Waals surface area contributed by atoms with Crippen LogP contribution in [0.3, 0.4) is 0 Å². The Morgan fingerprint density at radius 3 is 2.28 bits per heavy atom. The molecule has 0 bridgehead atoms. The average Bonchev–Trinajstić information content (AvgIpc) is 2.32. The maximum Gasteiger partial charge on any atom is 0.183 e. The van der Waals surface area contributed by atoms with Crippen molar-refractivity contribution in [1.29, 1.82) is 0 Å². The highest BCUT2D eigenvalue weighted by Crippen LogP contribution is 2.24. The summed E-state index contributed by atoms with van der Waals surface area (Å²) in [6.45, 7) is 2.49. The normalized spacial score (nSPS) is 36.5. The van der Waals surface area contributed by atoms with Crippen LogP contribution in [0.2, 0.25) is 0 Å². The van der Waals surface area contributed by atoms with Crippen molar-refractivity contribution in [3.63, 3.8) is 0 Å². The molecule has 5 atom stereocenters. The smallest absolute Gasteiger partial charge is 0.183 e. The molecule has 18 heavy (non-hydrogen) atoms. The summed E-state index contributed by atoms with van der Waals surface area (Å²) in [6, 6.07) is -0.695. The van der Waals surface area contributed by atoms with E-state index < -0.39 is 37.3 Å². The monoisotopic (exact) mass is 305 g/mol. The molecule has 0 aromatic rings. The summed E-state index contributed by atoms with van der Waals surface area (Å²) in [6.07, 6.45) is -4.61. The van der Waals surface area contributed by atoms with Gasteiger partial charge in [0, 0.05) is 12.4 Å². The predicted octanol–water partition coefficient (Wildman–Crippen LogP) is -1.23. The Hall–Kier alpha value is 0.340. The second-order valence-corrected chi connectivity index (χ2v) is 4.41.